The molecule has 2 saturated heterocycles. The monoisotopic (exact) mass is 409 g/mol. The molecule has 6 nitrogen and oxygen atoms in total. The van der Waals surface area contributed by atoms with Gasteiger partial charge in [0.25, 0.3) is 0 Å². The average molecular weight is 410 g/mol. The number of piperidine rings is 1. The first-order chi connectivity index (χ1) is 14.2. The molecule has 1 aromatic heterocycles. The van der Waals surface area contributed by atoms with E-state index in [0.29, 0.717) is 23.7 Å². The molecule has 2 aromatic carbocycles. The molecule has 0 spiro atoms. The van der Waals surface area contributed by atoms with Crippen molar-refractivity contribution in [3.63, 3.8) is 0 Å². The number of fused-ring (bicyclic) bond motifs is 3. The summed E-state index contributed by atoms with van der Waals surface area (Å²) in [6.45, 7) is 0.374. The number of halogens is 1. The second kappa shape index (κ2) is 7.59. The lowest BCUT2D eigenvalue weighted by Crippen LogP contribution is -2.39. The van der Waals surface area contributed by atoms with Gasteiger partial charge in [0.2, 0.25) is 0 Å². The van der Waals surface area contributed by atoms with Crippen molar-refractivity contribution in [1.29, 1.82) is 0 Å². The van der Waals surface area contributed by atoms with Gasteiger partial charge in [0.15, 0.2) is 0 Å². The standard InChI is InChI=1S/C22H24ClN5O/c23-19-11-17(28-15-3-1-4-16(28)10-9-15)8-7-14(19)12-24-22(29)26-20-5-2-6-21-18(20)13-25-27-21/h2,5-8,11,13,15-16H,1,3-4,9-10,12H2,(H,25,27)(H2,24,26,29)/t15-,16+. The number of anilines is 2. The number of hydrogen-bond acceptors (Lipinski definition) is 3. The van der Waals surface area contributed by atoms with Gasteiger partial charge in [-0.2, -0.15) is 5.10 Å². The summed E-state index contributed by atoms with van der Waals surface area (Å²) in [6, 6.07) is 12.9. The number of aromatic nitrogens is 2. The molecule has 0 aliphatic carbocycles. The maximum atomic E-state index is 12.4. The van der Waals surface area contributed by atoms with E-state index in [1.165, 1.54) is 37.8 Å². The van der Waals surface area contributed by atoms with E-state index < -0.39 is 0 Å². The highest BCUT2D eigenvalue weighted by Gasteiger charge is 2.36. The zero-order valence-corrected chi connectivity index (χ0v) is 16.9. The maximum absolute atomic E-state index is 12.4. The first kappa shape index (κ1) is 18.3. The van der Waals surface area contributed by atoms with Gasteiger partial charge in [-0.1, -0.05) is 23.7 Å². The lowest BCUT2D eigenvalue weighted by atomic mass is 10.0. The minimum absolute atomic E-state index is 0.270. The molecule has 2 aliphatic rings. The summed E-state index contributed by atoms with van der Waals surface area (Å²) in [5, 5.41) is 14.3. The molecule has 29 heavy (non-hydrogen) atoms. The first-order valence-corrected chi connectivity index (χ1v) is 10.6. The number of nitrogens with one attached hydrogen (secondary N) is 3. The molecule has 2 fully saturated rings. The SMILES string of the molecule is O=C(NCc1ccc(N2[C@@H]3CCC[C@H]2CC3)cc1Cl)Nc1cccc2[nH]ncc12. The van der Waals surface area contributed by atoms with Crippen molar-refractivity contribution in [2.45, 2.75) is 50.7 Å². The molecule has 2 aliphatic heterocycles. The van der Waals surface area contributed by atoms with E-state index in [4.69, 9.17) is 11.6 Å². The summed E-state index contributed by atoms with van der Waals surface area (Å²) in [6.07, 6.45) is 8.17. The van der Waals surface area contributed by atoms with Crippen LogP contribution in [-0.4, -0.2) is 28.3 Å². The number of nitrogens with zero attached hydrogens (tertiary/aromatic N) is 2. The lowest BCUT2D eigenvalue weighted by Gasteiger charge is -2.37. The van der Waals surface area contributed by atoms with Crippen molar-refractivity contribution < 1.29 is 4.79 Å². The van der Waals surface area contributed by atoms with Crippen LogP contribution in [0.4, 0.5) is 16.2 Å². The number of amides is 2. The summed E-state index contributed by atoms with van der Waals surface area (Å²) in [7, 11) is 0. The summed E-state index contributed by atoms with van der Waals surface area (Å²) < 4.78 is 0. The van der Waals surface area contributed by atoms with Crippen molar-refractivity contribution in [3.8, 4) is 0 Å². The van der Waals surface area contributed by atoms with E-state index in [1.54, 1.807) is 6.20 Å². The third kappa shape index (κ3) is 3.53. The summed E-state index contributed by atoms with van der Waals surface area (Å²) >= 11 is 6.56. The van der Waals surface area contributed by atoms with Gasteiger partial charge in [0.05, 0.1) is 17.4 Å². The Balaban J connectivity index is 1.24. The molecular weight excluding hydrogens is 386 g/mol. The Hall–Kier alpha value is -2.73. The molecule has 2 amide bonds. The number of carbonyl (C=O) groups excluding carboxylic acids is 1. The molecular formula is C22H24ClN5O. The highest BCUT2D eigenvalue weighted by atomic mass is 35.5. The summed E-state index contributed by atoms with van der Waals surface area (Å²) in [5.41, 5.74) is 3.72. The van der Waals surface area contributed by atoms with E-state index >= 15 is 0 Å². The predicted octanol–water partition coefficient (Wildman–Crippen LogP) is 5.06. The fraction of sp³-hybridized carbons (Fsp3) is 0.364. The van der Waals surface area contributed by atoms with Crippen LogP contribution in [0.15, 0.2) is 42.6 Å². The third-order valence-corrected chi connectivity index (χ3v) is 6.55. The number of rotatable bonds is 4. The Bertz CT molecular complexity index is 1030. The van der Waals surface area contributed by atoms with Crippen molar-refractivity contribution in [2.24, 2.45) is 0 Å². The second-order valence-corrected chi connectivity index (χ2v) is 8.35. The molecule has 2 bridgehead atoms. The number of benzene rings is 2. The minimum Gasteiger partial charge on any atom is -0.366 e. The molecule has 5 rings (SSSR count). The zero-order valence-electron chi connectivity index (χ0n) is 16.1. The highest BCUT2D eigenvalue weighted by Crippen LogP contribution is 2.40. The molecule has 2 atom stereocenters. The smallest absolute Gasteiger partial charge is 0.319 e. The normalized spacial score (nSPS) is 20.8. The zero-order chi connectivity index (χ0) is 19.8. The van der Waals surface area contributed by atoms with Crippen LogP contribution in [0.5, 0.6) is 0 Å². The van der Waals surface area contributed by atoms with Gasteiger partial charge in [0.1, 0.15) is 0 Å². The fourth-order valence-corrected chi connectivity index (χ4v) is 5.04. The topological polar surface area (TPSA) is 73.1 Å². The van der Waals surface area contributed by atoms with Crippen LogP contribution in [0.2, 0.25) is 5.02 Å². The average Bonchev–Trinajstić information content (AvgIpc) is 3.29. The van der Waals surface area contributed by atoms with Gasteiger partial charge in [-0.05, 0) is 61.9 Å². The van der Waals surface area contributed by atoms with Crippen LogP contribution in [0, 0.1) is 0 Å². The molecule has 0 radical (unpaired) electrons. The molecule has 3 N–H and O–H groups in total. The fourth-order valence-electron chi connectivity index (χ4n) is 4.80. The number of carbonyl (C=O) groups is 1. The van der Waals surface area contributed by atoms with Gasteiger partial charge in [-0.25, -0.2) is 4.79 Å². The molecule has 0 unspecified atom stereocenters. The molecule has 150 valence electrons. The van der Waals surface area contributed by atoms with Crippen LogP contribution in [0.3, 0.4) is 0 Å². The molecule has 0 saturated carbocycles. The highest BCUT2D eigenvalue weighted by molar-refractivity contribution is 6.31. The summed E-state index contributed by atoms with van der Waals surface area (Å²) in [4.78, 5) is 14.9. The van der Waals surface area contributed by atoms with E-state index in [1.807, 2.05) is 24.3 Å². The minimum atomic E-state index is -0.270. The number of aromatic amines is 1. The van der Waals surface area contributed by atoms with Crippen molar-refractivity contribution in [2.75, 3.05) is 10.2 Å². The molecule has 7 heteroatoms. The Morgan fingerprint density at radius 2 is 2.00 bits per heavy atom. The predicted molar refractivity (Wildman–Crippen MR) is 117 cm³/mol. The molecule has 3 aromatic rings. The first-order valence-electron chi connectivity index (χ1n) is 10.2. The number of urea groups is 1. The van der Waals surface area contributed by atoms with Crippen molar-refractivity contribution >= 4 is 39.9 Å². The van der Waals surface area contributed by atoms with Gasteiger partial charge >= 0.3 is 6.03 Å². The van der Waals surface area contributed by atoms with E-state index in [9.17, 15) is 4.79 Å². The van der Waals surface area contributed by atoms with Crippen molar-refractivity contribution in [3.05, 3.63) is 53.2 Å². The van der Waals surface area contributed by atoms with E-state index in [0.717, 1.165) is 22.2 Å². The van der Waals surface area contributed by atoms with E-state index in [-0.39, 0.29) is 6.03 Å². The second-order valence-electron chi connectivity index (χ2n) is 7.94. The quantitative estimate of drug-likeness (QED) is 0.564. The van der Waals surface area contributed by atoms with Crippen LogP contribution in [-0.2, 0) is 6.54 Å². The van der Waals surface area contributed by atoms with Gasteiger partial charge < -0.3 is 15.5 Å². The van der Waals surface area contributed by atoms with Gasteiger partial charge in [-0.15, -0.1) is 0 Å². The van der Waals surface area contributed by atoms with Crippen LogP contribution in [0.1, 0.15) is 37.7 Å². The number of hydrogen-bond donors (Lipinski definition) is 3. The molecule has 3 heterocycles. The Labute approximate surface area is 174 Å². The van der Waals surface area contributed by atoms with Crippen LogP contribution in [0.25, 0.3) is 10.9 Å². The van der Waals surface area contributed by atoms with Gasteiger partial charge in [-0.3, -0.25) is 5.10 Å². The van der Waals surface area contributed by atoms with E-state index in [2.05, 4.69) is 37.9 Å². The number of H-pyrrole nitrogens is 1. The Morgan fingerprint density at radius 3 is 2.79 bits per heavy atom. The largest absolute Gasteiger partial charge is 0.366 e. The lowest BCUT2D eigenvalue weighted by molar-refractivity contribution is 0.252. The maximum Gasteiger partial charge on any atom is 0.319 e. The summed E-state index contributed by atoms with van der Waals surface area (Å²) in [5.74, 6) is 0. The van der Waals surface area contributed by atoms with Gasteiger partial charge in [0, 0.05) is 34.7 Å². The van der Waals surface area contributed by atoms with Crippen LogP contribution < -0.4 is 15.5 Å². The van der Waals surface area contributed by atoms with Crippen LogP contribution >= 0.6 is 11.6 Å². The Morgan fingerprint density at radius 1 is 1.17 bits per heavy atom. The van der Waals surface area contributed by atoms with Crippen molar-refractivity contribution in [1.82, 2.24) is 15.5 Å². The third-order valence-electron chi connectivity index (χ3n) is 6.20. The Kier molecular flexibility index (Phi) is 4.79.